The second kappa shape index (κ2) is 9.73. The molecule has 6 nitrogen and oxygen atoms in total. The molecule has 0 radical (unpaired) electrons. The van der Waals surface area contributed by atoms with Crippen molar-refractivity contribution in [2.24, 2.45) is 0 Å². The minimum absolute atomic E-state index is 0.00341. The molecule has 162 valence electrons. The fourth-order valence-electron chi connectivity index (χ4n) is 3.77. The van der Waals surface area contributed by atoms with Gasteiger partial charge in [0, 0.05) is 0 Å². The first-order valence-electron chi connectivity index (χ1n) is 10.5. The molecule has 0 spiro atoms. The Labute approximate surface area is 179 Å². The van der Waals surface area contributed by atoms with Crippen LogP contribution in [0, 0.1) is 13.8 Å². The zero-order valence-corrected chi connectivity index (χ0v) is 18.8. The van der Waals surface area contributed by atoms with E-state index in [-0.39, 0.29) is 17.7 Å². The lowest BCUT2D eigenvalue weighted by atomic mass is 10.0. The molecule has 1 atom stereocenters. The van der Waals surface area contributed by atoms with Crippen LogP contribution in [0.1, 0.15) is 35.2 Å². The molecule has 1 aliphatic rings. The molecule has 1 amide bonds. The van der Waals surface area contributed by atoms with Crippen molar-refractivity contribution in [1.82, 2.24) is 9.62 Å². The van der Waals surface area contributed by atoms with Gasteiger partial charge in [0.05, 0.1) is 38.0 Å². The standard InChI is InChI=1S/C23H31N3O3S/c1-18-9-10-22(15-19(18)2)20(3)24-23(27)16-25-11-13-26(14-12-25)30(28,29)17-21-7-5-4-6-8-21/h4-10,15,20H,11-14,16-17H2,1-3H3,(H,24,27)/p+1/t20-/m1/s1. The number of nitrogens with zero attached hydrogens (tertiary/aromatic N) is 1. The van der Waals surface area contributed by atoms with Crippen molar-refractivity contribution < 1.29 is 18.1 Å². The van der Waals surface area contributed by atoms with Gasteiger partial charge in [-0.2, -0.15) is 4.31 Å². The van der Waals surface area contributed by atoms with Crippen LogP contribution in [0.3, 0.4) is 0 Å². The normalized spacial score (nSPS) is 16.9. The molecule has 7 heteroatoms. The van der Waals surface area contributed by atoms with Crippen molar-refractivity contribution in [2.45, 2.75) is 32.6 Å². The number of sulfonamides is 1. The van der Waals surface area contributed by atoms with Crippen LogP contribution in [0.25, 0.3) is 0 Å². The summed E-state index contributed by atoms with van der Waals surface area (Å²) in [7, 11) is -3.33. The second-order valence-corrected chi connectivity index (χ2v) is 10.2. The molecule has 0 unspecified atom stereocenters. The molecule has 0 saturated carbocycles. The van der Waals surface area contributed by atoms with Gasteiger partial charge in [0.25, 0.3) is 5.91 Å². The monoisotopic (exact) mass is 430 g/mol. The molecule has 1 saturated heterocycles. The molecule has 2 aromatic rings. The molecule has 30 heavy (non-hydrogen) atoms. The Morgan fingerprint density at radius 1 is 1.07 bits per heavy atom. The van der Waals surface area contributed by atoms with Crippen molar-refractivity contribution in [3.05, 3.63) is 70.8 Å². The fourth-order valence-corrected chi connectivity index (χ4v) is 5.31. The van der Waals surface area contributed by atoms with Gasteiger partial charge in [0.15, 0.2) is 6.54 Å². The number of hydrogen-bond donors (Lipinski definition) is 2. The summed E-state index contributed by atoms with van der Waals surface area (Å²) in [6.45, 7) is 8.68. The molecular weight excluding hydrogens is 398 g/mol. The van der Waals surface area contributed by atoms with Crippen molar-refractivity contribution in [3.63, 3.8) is 0 Å². The van der Waals surface area contributed by atoms with E-state index in [1.54, 1.807) is 4.31 Å². The molecule has 1 aliphatic heterocycles. The van der Waals surface area contributed by atoms with E-state index in [0.717, 1.165) is 16.0 Å². The van der Waals surface area contributed by atoms with Gasteiger partial charge < -0.3 is 10.2 Å². The Bertz CT molecular complexity index is 968. The van der Waals surface area contributed by atoms with E-state index in [1.165, 1.54) is 11.1 Å². The average Bonchev–Trinajstić information content (AvgIpc) is 2.70. The zero-order chi connectivity index (χ0) is 21.7. The molecule has 2 N–H and O–H groups in total. The van der Waals surface area contributed by atoms with E-state index in [1.807, 2.05) is 37.3 Å². The van der Waals surface area contributed by atoms with E-state index >= 15 is 0 Å². The van der Waals surface area contributed by atoms with Crippen LogP contribution >= 0.6 is 0 Å². The highest BCUT2D eigenvalue weighted by Gasteiger charge is 2.30. The van der Waals surface area contributed by atoms with Crippen LogP contribution in [0.15, 0.2) is 48.5 Å². The summed E-state index contributed by atoms with van der Waals surface area (Å²) in [5.74, 6) is 0.0215. The van der Waals surface area contributed by atoms with Gasteiger partial charge in [-0.25, -0.2) is 8.42 Å². The lowest BCUT2D eigenvalue weighted by Gasteiger charge is -2.31. The predicted molar refractivity (Wildman–Crippen MR) is 119 cm³/mol. The number of aryl methyl sites for hydroxylation is 2. The zero-order valence-electron chi connectivity index (χ0n) is 18.0. The van der Waals surface area contributed by atoms with Crippen LogP contribution in [0.2, 0.25) is 0 Å². The molecule has 0 bridgehead atoms. The highest BCUT2D eigenvalue weighted by molar-refractivity contribution is 7.88. The van der Waals surface area contributed by atoms with Crippen molar-refractivity contribution in [1.29, 1.82) is 0 Å². The Morgan fingerprint density at radius 2 is 1.73 bits per heavy atom. The Morgan fingerprint density at radius 3 is 2.37 bits per heavy atom. The van der Waals surface area contributed by atoms with E-state index in [2.05, 4.69) is 37.4 Å². The average molecular weight is 431 g/mol. The minimum atomic E-state index is -3.33. The minimum Gasteiger partial charge on any atom is -0.345 e. The van der Waals surface area contributed by atoms with Crippen LogP contribution in [-0.4, -0.2) is 51.4 Å². The van der Waals surface area contributed by atoms with Crippen LogP contribution in [0.5, 0.6) is 0 Å². The number of nitrogens with one attached hydrogen (secondary N) is 2. The van der Waals surface area contributed by atoms with Crippen LogP contribution in [0.4, 0.5) is 0 Å². The quantitative estimate of drug-likeness (QED) is 0.694. The summed E-state index contributed by atoms with van der Waals surface area (Å²) in [5, 5.41) is 3.07. The topological polar surface area (TPSA) is 70.9 Å². The van der Waals surface area contributed by atoms with Gasteiger partial charge in [0.2, 0.25) is 10.0 Å². The van der Waals surface area contributed by atoms with E-state index in [0.29, 0.717) is 32.7 Å². The summed E-state index contributed by atoms with van der Waals surface area (Å²) < 4.78 is 26.9. The first-order chi connectivity index (χ1) is 14.2. The fraction of sp³-hybridized carbons (Fsp3) is 0.435. The van der Waals surface area contributed by atoms with Gasteiger partial charge in [-0.1, -0.05) is 48.5 Å². The summed E-state index contributed by atoms with van der Waals surface area (Å²) in [6.07, 6.45) is 0. The third-order valence-corrected chi connectivity index (χ3v) is 7.68. The Hall–Kier alpha value is -2.22. The number of amides is 1. The third-order valence-electron chi connectivity index (χ3n) is 5.83. The Kier molecular flexibility index (Phi) is 7.28. The molecule has 0 aromatic heterocycles. The SMILES string of the molecule is Cc1ccc([C@@H](C)NC(=O)C[NH+]2CCN(S(=O)(=O)Cc3ccccc3)CC2)cc1C. The number of piperazine rings is 1. The highest BCUT2D eigenvalue weighted by atomic mass is 32.2. The van der Waals surface area contributed by atoms with Gasteiger partial charge in [-0.15, -0.1) is 0 Å². The molecule has 2 aromatic carbocycles. The van der Waals surface area contributed by atoms with Crippen LogP contribution < -0.4 is 10.2 Å². The van der Waals surface area contributed by atoms with E-state index in [9.17, 15) is 13.2 Å². The molecule has 1 heterocycles. The van der Waals surface area contributed by atoms with Crippen molar-refractivity contribution in [2.75, 3.05) is 32.7 Å². The maximum atomic E-state index is 12.7. The second-order valence-electron chi connectivity index (χ2n) is 8.20. The van der Waals surface area contributed by atoms with Gasteiger partial charge in [-0.05, 0) is 43.0 Å². The number of quaternary nitrogens is 1. The lowest BCUT2D eigenvalue weighted by Crippen LogP contribution is -3.15. The van der Waals surface area contributed by atoms with Gasteiger partial charge in [0.1, 0.15) is 0 Å². The Balaban J connectivity index is 1.48. The predicted octanol–water partition coefficient (Wildman–Crippen LogP) is 1.21. The number of benzene rings is 2. The molecule has 3 rings (SSSR count). The smallest absolute Gasteiger partial charge is 0.275 e. The van der Waals surface area contributed by atoms with E-state index < -0.39 is 10.0 Å². The largest absolute Gasteiger partial charge is 0.345 e. The number of hydrogen-bond acceptors (Lipinski definition) is 3. The highest BCUT2D eigenvalue weighted by Crippen LogP contribution is 2.16. The maximum Gasteiger partial charge on any atom is 0.275 e. The number of carbonyl (C=O) groups excluding carboxylic acids is 1. The molecule has 1 fully saturated rings. The van der Waals surface area contributed by atoms with Crippen molar-refractivity contribution >= 4 is 15.9 Å². The summed E-state index contributed by atoms with van der Waals surface area (Å²) in [6, 6.07) is 15.4. The van der Waals surface area contributed by atoms with Crippen LogP contribution in [-0.2, 0) is 20.6 Å². The third kappa shape index (κ3) is 5.90. The molecular formula is C23H32N3O3S+. The lowest BCUT2D eigenvalue weighted by molar-refractivity contribution is -0.895. The maximum absolute atomic E-state index is 12.7. The van der Waals surface area contributed by atoms with Gasteiger partial charge >= 0.3 is 0 Å². The van der Waals surface area contributed by atoms with E-state index in [4.69, 9.17) is 0 Å². The first kappa shape index (κ1) is 22.5. The summed E-state index contributed by atoms with van der Waals surface area (Å²) in [4.78, 5) is 13.6. The van der Waals surface area contributed by atoms with Crippen molar-refractivity contribution in [3.8, 4) is 0 Å². The summed E-state index contributed by atoms with van der Waals surface area (Å²) >= 11 is 0. The van der Waals surface area contributed by atoms with Gasteiger partial charge in [-0.3, -0.25) is 4.79 Å². The number of rotatable bonds is 7. The number of carbonyl (C=O) groups is 1. The first-order valence-corrected chi connectivity index (χ1v) is 12.1. The summed E-state index contributed by atoms with van der Waals surface area (Å²) in [5.41, 5.74) is 4.35. The molecule has 0 aliphatic carbocycles.